The van der Waals surface area contributed by atoms with Crippen LogP contribution in [-0.2, 0) is 19.7 Å². The van der Waals surface area contributed by atoms with E-state index in [0.29, 0.717) is 25.7 Å². The van der Waals surface area contributed by atoms with Gasteiger partial charge in [-0.05, 0) is 24.7 Å². The maximum absolute atomic E-state index is 12.5. The highest BCUT2D eigenvalue weighted by Crippen LogP contribution is 2.45. The Hall–Kier alpha value is -1.15. The van der Waals surface area contributed by atoms with Crippen molar-refractivity contribution in [3.63, 3.8) is 0 Å². The lowest BCUT2D eigenvalue weighted by Crippen LogP contribution is -2.61. The average molecular weight is 423 g/mol. The molecule has 7 nitrogen and oxygen atoms in total. The second kappa shape index (κ2) is 12.4. The molecular weight excluding hydrogens is 384 g/mol. The maximum atomic E-state index is 12.5. The van der Waals surface area contributed by atoms with Crippen LogP contribution in [0.5, 0.6) is 0 Å². The first-order valence-electron chi connectivity index (χ1n) is 10.5. The number of carboxylic acid groups (broad SMARTS) is 2. The van der Waals surface area contributed by atoms with Crippen LogP contribution in [0.2, 0.25) is 0 Å². The summed E-state index contributed by atoms with van der Waals surface area (Å²) in [7, 11) is -5.18. The molecule has 0 aromatic carbocycles. The molecule has 28 heavy (non-hydrogen) atoms. The highest BCUT2D eigenvalue weighted by Gasteiger charge is 2.64. The summed E-state index contributed by atoms with van der Waals surface area (Å²) in [5.41, 5.74) is 0. The normalized spacial score (nSPS) is 17.5. The second-order valence-electron chi connectivity index (χ2n) is 7.65. The average Bonchev–Trinajstić information content (AvgIpc) is 2.60. The molecule has 0 bridgehead atoms. The van der Waals surface area contributed by atoms with Crippen molar-refractivity contribution in [2.75, 3.05) is 0 Å². The number of hydrogen-bond donors (Lipinski definition) is 3. The van der Waals surface area contributed by atoms with Crippen molar-refractivity contribution in [3.05, 3.63) is 0 Å². The standard InChI is InChI=1S/C20H38O7S/c1-5-9-11-13-15(7-3)17(18(21)22)20(19(23)24,28(25,26)27)16(8-4)14-12-10-6-2/h15-17H,5-14H2,1-4H3,(H,21,22)(H,23,24)(H,25,26,27). The minimum atomic E-state index is -5.18. The predicted octanol–water partition coefficient (Wildman–Crippen LogP) is 4.61. The molecule has 0 saturated heterocycles. The van der Waals surface area contributed by atoms with E-state index in [-0.39, 0.29) is 12.8 Å². The van der Waals surface area contributed by atoms with E-state index >= 15 is 0 Å². The molecule has 0 aromatic heterocycles. The molecule has 3 N–H and O–H groups in total. The molecule has 0 aromatic rings. The van der Waals surface area contributed by atoms with Crippen LogP contribution in [0, 0.1) is 17.8 Å². The number of aliphatic carboxylic acids is 2. The van der Waals surface area contributed by atoms with Gasteiger partial charge in [-0.25, -0.2) is 0 Å². The molecule has 8 heteroatoms. The predicted molar refractivity (Wildman–Crippen MR) is 109 cm³/mol. The molecule has 0 saturated carbocycles. The van der Waals surface area contributed by atoms with E-state index in [1.807, 2.05) is 13.8 Å². The summed E-state index contributed by atoms with van der Waals surface area (Å²) >= 11 is 0. The third-order valence-electron chi connectivity index (χ3n) is 5.92. The number of hydrogen-bond acceptors (Lipinski definition) is 4. The van der Waals surface area contributed by atoms with Gasteiger partial charge in [0.15, 0.2) is 0 Å². The van der Waals surface area contributed by atoms with Gasteiger partial charge in [0.25, 0.3) is 10.1 Å². The number of unbranched alkanes of at least 4 members (excludes halogenated alkanes) is 4. The van der Waals surface area contributed by atoms with Crippen molar-refractivity contribution in [3.8, 4) is 0 Å². The molecule has 0 fully saturated rings. The third kappa shape index (κ3) is 6.17. The maximum Gasteiger partial charge on any atom is 0.328 e. The Kier molecular flexibility index (Phi) is 11.9. The molecule has 0 aliphatic heterocycles. The first-order valence-corrected chi connectivity index (χ1v) is 11.9. The lowest BCUT2D eigenvalue weighted by atomic mass is 9.69. The van der Waals surface area contributed by atoms with Crippen molar-refractivity contribution in [1.29, 1.82) is 0 Å². The molecule has 0 amide bonds. The molecule has 4 atom stereocenters. The summed E-state index contributed by atoms with van der Waals surface area (Å²) in [5, 5.41) is 20.0. The van der Waals surface area contributed by atoms with E-state index in [2.05, 4.69) is 0 Å². The van der Waals surface area contributed by atoms with Crippen molar-refractivity contribution in [2.24, 2.45) is 17.8 Å². The molecule has 0 radical (unpaired) electrons. The van der Waals surface area contributed by atoms with Crippen molar-refractivity contribution in [2.45, 2.75) is 96.7 Å². The van der Waals surface area contributed by atoms with Crippen LogP contribution < -0.4 is 0 Å². The second-order valence-corrected chi connectivity index (χ2v) is 9.28. The van der Waals surface area contributed by atoms with Crippen molar-refractivity contribution in [1.82, 2.24) is 0 Å². The molecule has 0 aliphatic carbocycles. The van der Waals surface area contributed by atoms with E-state index in [4.69, 9.17) is 0 Å². The van der Waals surface area contributed by atoms with Crippen LogP contribution in [-0.4, -0.2) is 39.9 Å². The summed E-state index contributed by atoms with van der Waals surface area (Å²) in [5.74, 6) is -6.57. The smallest absolute Gasteiger partial charge is 0.328 e. The lowest BCUT2D eigenvalue weighted by molar-refractivity contribution is -0.157. The first kappa shape index (κ1) is 26.9. The van der Waals surface area contributed by atoms with Gasteiger partial charge in [0.1, 0.15) is 0 Å². The topological polar surface area (TPSA) is 129 Å². The molecular formula is C20H38O7S. The van der Waals surface area contributed by atoms with Gasteiger partial charge < -0.3 is 10.2 Å². The summed E-state index contributed by atoms with van der Waals surface area (Å²) in [6, 6.07) is 0. The number of carboxylic acids is 2. The molecule has 0 aliphatic rings. The van der Waals surface area contributed by atoms with E-state index in [1.165, 1.54) is 0 Å². The van der Waals surface area contributed by atoms with Crippen LogP contribution in [0.15, 0.2) is 0 Å². The van der Waals surface area contributed by atoms with Crippen LogP contribution in [0.25, 0.3) is 0 Å². The summed E-state index contributed by atoms with van der Waals surface area (Å²) in [4.78, 5) is 24.6. The summed E-state index contributed by atoms with van der Waals surface area (Å²) in [6.07, 6.45) is 5.81. The van der Waals surface area contributed by atoms with Gasteiger partial charge >= 0.3 is 11.9 Å². The zero-order valence-electron chi connectivity index (χ0n) is 17.7. The van der Waals surface area contributed by atoms with Crippen LogP contribution in [0.1, 0.15) is 91.9 Å². The highest BCUT2D eigenvalue weighted by molar-refractivity contribution is 7.88. The van der Waals surface area contributed by atoms with Gasteiger partial charge in [0.2, 0.25) is 4.75 Å². The Labute approximate surface area is 169 Å². The Bertz CT molecular complexity index is 587. The fourth-order valence-corrected chi connectivity index (χ4v) is 5.94. The van der Waals surface area contributed by atoms with Crippen LogP contribution in [0.4, 0.5) is 0 Å². The molecule has 0 spiro atoms. The van der Waals surface area contributed by atoms with Gasteiger partial charge in [-0.2, -0.15) is 8.42 Å². The van der Waals surface area contributed by atoms with Crippen LogP contribution >= 0.6 is 0 Å². The first-order chi connectivity index (χ1) is 13.1. The molecule has 0 rings (SSSR count). The van der Waals surface area contributed by atoms with Gasteiger partial charge in [0, 0.05) is 0 Å². The minimum Gasteiger partial charge on any atom is -0.481 e. The fourth-order valence-electron chi connectivity index (χ4n) is 4.40. The Balaban J connectivity index is 6.48. The molecule has 4 unspecified atom stereocenters. The SMILES string of the molecule is CCCCCC(CC)C(C(=O)O)C(C(=O)O)(C(CC)CCCCC)S(=O)(=O)O. The minimum absolute atomic E-state index is 0.158. The highest BCUT2D eigenvalue weighted by atomic mass is 32.2. The zero-order chi connectivity index (χ0) is 22.0. The quantitative estimate of drug-likeness (QED) is 0.245. The van der Waals surface area contributed by atoms with E-state index in [9.17, 15) is 32.8 Å². The Morgan fingerprint density at radius 3 is 1.68 bits per heavy atom. The summed E-state index contributed by atoms with van der Waals surface area (Å²) < 4.78 is 32.4. The van der Waals surface area contributed by atoms with Gasteiger partial charge in [-0.1, -0.05) is 79.1 Å². The monoisotopic (exact) mass is 422 g/mol. The lowest BCUT2D eigenvalue weighted by Gasteiger charge is -2.41. The summed E-state index contributed by atoms with van der Waals surface area (Å²) in [6.45, 7) is 7.35. The van der Waals surface area contributed by atoms with Crippen molar-refractivity contribution >= 4 is 22.1 Å². The fraction of sp³-hybridized carbons (Fsp3) is 0.900. The number of carbonyl (C=O) groups is 2. The van der Waals surface area contributed by atoms with E-state index in [1.54, 1.807) is 13.8 Å². The van der Waals surface area contributed by atoms with E-state index in [0.717, 1.165) is 25.7 Å². The molecule has 0 heterocycles. The van der Waals surface area contributed by atoms with Crippen molar-refractivity contribution < 1.29 is 32.8 Å². The Morgan fingerprint density at radius 2 is 1.36 bits per heavy atom. The van der Waals surface area contributed by atoms with Crippen LogP contribution in [0.3, 0.4) is 0 Å². The number of rotatable bonds is 16. The Morgan fingerprint density at radius 1 is 0.857 bits per heavy atom. The van der Waals surface area contributed by atoms with Gasteiger partial charge in [-0.3, -0.25) is 14.1 Å². The molecule has 166 valence electrons. The zero-order valence-corrected chi connectivity index (χ0v) is 18.5. The largest absolute Gasteiger partial charge is 0.481 e. The van der Waals surface area contributed by atoms with Gasteiger partial charge in [0.05, 0.1) is 5.92 Å². The third-order valence-corrected chi connectivity index (χ3v) is 7.53. The van der Waals surface area contributed by atoms with Gasteiger partial charge in [-0.15, -0.1) is 0 Å². The van der Waals surface area contributed by atoms with E-state index < -0.39 is 44.6 Å².